The van der Waals surface area contributed by atoms with Crippen LogP contribution < -0.4 is 10.5 Å². The topological polar surface area (TPSA) is 111 Å². The number of nitrogens with zero attached hydrogens (tertiary/aromatic N) is 1. The van der Waals surface area contributed by atoms with Crippen LogP contribution in [0.1, 0.15) is 21.5 Å². The summed E-state index contributed by atoms with van der Waals surface area (Å²) in [5, 5.41) is 8.35. The van der Waals surface area contributed by atoms with Gasteiger partial charge in [0, 0.05) is 31.9 Å². The Morgan fingerprint density at radius 1 is 1.17 bits per heavy atom. The fraction of sp³-hybridized carbons (Fsp3) is 0.350. The number of carbonyl (C=O) groups is 1. The van der Waals surface area contributed by atoms with E-state index in [0.717, 1.165) is 38.4 Å². The van der Waals surface area contributed by atoms with Crippen molar-refractivity contribution in [1.82, 2.24) is 4.90 Å². The lowest BCUT2D eigenvalue weighted by molar-refractivity contribution is 0.0342. The van der Waals surface area contributed by atoms with Crippen LogP contribution in [0.25, 0.3) is 0 Å². The van der Waals surface area contributed by atoms with Gasteiger partial charge in [0.25, 0.3) is 0 Å². The normalized spacial score (nSPS) is 15.1. The Morgan fingerprint density at radius 2 is 1.90 bits per heavy atom. The Bertz CT molecular complexity index is 972. The van der Waals surface area contributed by atoms with Crippen LogP contribution in [0, 0.1) is 0 Å². The van der Waals surface area contributed by atoms with Gasteiger partial charge >= 0.3 is 5.97 Å². The second-order valence-corrected chi connectivity index (χ2v) is 8.37. The van der Waals surface area contributed by atoms with Crippen LogP contribution in [-0.2, 0) is 32.6 Å². The highest BCUT2D eigenvalue weighted by Gasteiger charge is 2.17. The second-order valence-electron chi connectivity index (χ2n) is 6.81. The zero-order valence-electron chi connectivity index (χ0n) is 16.3. The molecule has 8 nitrogen and oxygen atoms in total. The Morgan fingerprint density at radius 3 is 2.59 bits per heavy atom. The van der Waals surface area contributed by atoms with Crippen molar-refractivity contribution in [2.75, 3.05) is 38.7 Å². The van der Waals surface area contributed by atoms with Gasteiger partial charge in [-0.05, 0) is 29.3 Å². The van der Waals surface area contributed by atoms with Crippen LogP contribution in [0.3, 0.4) is 0 Å². The number of hydrogen-bond acceptors (Lipinski definition) is 7. The summed E-state index contributed by atoms with van der Waals surface area (Å²) in [6.07, 6.45) is 0. The van der Waals surface area contributed by atoms with Crippen LogP contribution in [0.2, 0.25) is 0 Å². The van der Waals surface area contributed by atoms with Gasteiger partial charge in [0.2, 0.25) is 10.0 Å². The third-order valence-electron chi connectivity index (χ3n) is 4.71. The number of esters is 1. The fourth-order valence-electron chi connectivity index (χ4n) is 3.19. The zero-order valence-corrected chi connectivity index (χ0v) is 17.1. The summed E-state index contributed by atoms with van der Waals surface area (Å²) in [7, 11) is -2.68. The summed E-state index contributed by atoms with van der Waals surface area (Å²) in [5.41, 5.74) is 2.83. The van der Waals surface area contributed by atoms with Gasteiger partial charge in [-0.2, -0.15) is 0 Å². The molecule has 29 heavy (non-hydrogen) atoms. The van der Waals surface area contributed by atoms with Crippen molar-refractivity contribution in [1.29, 1.82) is 0 Å². The lowest BCUT2D eigenvalue weighted by Gasteiger charge is -2.26. The number of benzene rings is 2. The molecule has 0 bridgehead atoms. The molecule has 0 saturated carbocycles. The average molecular weight is 420 g/mol. The molecule has 1 saturated heterocycles. The minimum atomic E-state index is -3.92. The molecular formula is C20H25N3O5S. The number of nitrogens with two attached hydrogens (primary N) is 1. The van der Waals surface area contributed by atoms with Gasteiger partial charge in [0.15, 0.2) is 0 Å². The molecule has 3 rings (SSSR count). The summed E-state index contributed by atoms with van der Waals surface area (Å²) in [6, 6.07) is 12.3. The first-order chi connectivity index (χ1) is 13.9. The quantitative estimate of drug-likeness (QED) is 0.655. The van der Waals surface area contributed by atoms with Gasteiger partial charge in [-0.15, -0.1) is 0 Å². The van der Waals surface area contributed by atoms with Crippen LogP contribution in [-0.4, -0.2) is 52.7 Å². The van der Waals surface area contributed by atoms with Crippen molar-refractivity contribution in [3.05, 3.63) is 59.2 Å². The maximum absolute atomic E-state index is 12.1. The van der Waals surface area contributed by atoms with E-state index in [0.29, 0.717) is 12.2 Å². The van der Waals surface area contributed by atoms with Gasteiger partial charge in [-0.1, -0.05) is 24.3 Å². The first-order valence-corrected chi connectivity index (χ1v) is 10.8. The van der Waals surface area contributed by atoms with E-state index in [9.17, 15) is 13.2 Å². The van der Waals surface area contributed by atoms with Gasteiger partial charge in [0.1, 0.15) is 0 Å². The Balaban J connectivity index is 1.73. The number of morpholine rings is 1. The second kappa shape index (κ2) is 9.36. The number of sulfonamides is 1. The molecule has 2 aromatic carbocycles. The predicted molar refractivity (Wildman–Crippen MR) is 109 cm³/mol. The molecule has 9 heteroatoms. The first-order valence-electron chi connectivity index (χ1n) is 9.24. The van der Waals surface area contributed by atoms with E-state index in [1.807, 2.05) is 12.1 Å². The van der Waals surface area contributed by atoms with Crippen molar-refractivity contribution in [3.63, 3.8) is 0 Å². The van der Waals surface area contributed by atoms with Crippen molar-refractivity contribution >= 4 is 21.7 Å². The summed E-state index contributed by atoms with van der Waals surface area (Å²) < 4.78 is 33.3. The van der Waals surface area contributed by atoms with Crippen LogP contribution in [0.5, 0.6) is 0 Å². The molecular weight excluding hydrogens is 394 g/mol. The minimum absolute atomic E-state index is 0.114. The van der Waals surface area contributed by atoms with Crippen molar-refractivity contribution in [2.45, 2.75) is 18.0 Å². The number of rotatable bonds is 7. The van der Waals surface area contributed by atoms with Crippen molar-refractivity contribution < 1.29 is 22.7 Å². The van der Waals surface area contributed by atoms with E-state index in [4.69, 9.17) is 14.6 Å². The highest BCUT2D eigenvalue weighted by atomic mass is 32.2. The van der Waals surface area contributed by atoms with E-state index in [1.54, 1.807) is 0 Å². The molecule has 1 aliphatic heterocycles. The largest absolute Gasteiger partial charge is 0.465 e. The molecule has 0 unspecified atom stereocenters. The molecule has 1 aliphatic rings. The Hall–Kier alpha value is -2.46. The molecule has 0 radical (unpaired) electrons. The van der Waals surface area contributed by atoms with Gasteiger partial charge in [0.05, 0.1) is 30.8 Å². The fourth-order valence-corrected chi connectivity index (χ4v) is 3.73. The van der Waals surface area contributed by atoms with Crippen molar-refractivity contribution in [3.8, 4) is 0 Å². The molecule has 1 heterocycles. The standard InChI is InChI=1S/C20H25N3O5S/c1-27-20(24)18-12-17(29(21,25)26)5-6-19(18)22-13-15-3-2-4-16(11-15)14-23-7-9-28-10-8-23/h2-6,11-12,22H,7-10,13-14H2,1H3,(H2,21,25,26). The summed E-state index contributed by atoms with van der Waals surface area (Å²) in [5.74, 6) is -0.640. The average Bonchev–Trinajstić information content (AvgIpc) is 2.72. The number of nitrogens with one attached hydrogen (secondary N) is 1. The summed E-state index contributed by atoms with van der Waals surface area (Å²) in [4.78, 5) is 14.3. The molecule has 156 valence electrons. The van der Waals surface area contributed by atoms with Crippen molar-refractivity contribution in [2.24, 2.45) is 5.14 Å². The molecule has 2 aromatic rings. The molecule has 0 aromatic heterocycles. The number of primary sulfonamides is 1. The Kier molecular flexibility index (Phi) is 6.86. The number of hydrogen-bond donors (Lipinski definition) is 2. The van der Waals surface area contributed by atoms with E-state index in [2.05, 4.69) is 22.3 Å². The van der Waals surface area contributed by atoms with E-state index in [1.165, 1.54) is 30.9 Å². The highest BCUT2D eigenvalue weighted by molar-refractivity contribution is 7.89. The molecule has 0 amide bonds. The maximum Gasteiger partial charge on any atom is 0.340 e. The smallest absolute Gasteiger partial charge is 0.340 e. The number of methoxy groups -OCH3 is 1. The number of ether oxygens (including phenoxy) is 2. The number of anilines is 1. The van der Waals surface area contributed by atoms with E-state index < -0.39 is 16.0 Å². The maximum atomic E-state index is 12.1. The van der Waals surface area contributed by atoms with Gasteiger partial charge < -0.3 is 14.8 Å². The summed E-state index contributed by atoms with van der Waals surface area (Å²) in [6.45, 7) is 4.67. The highest BCUT2D eigenvalue weighted by Crippen LogP contribution is 2.22. The third kappa shape index (κ3) is 5.77. The van der Waals surface area contributed by atoms with E-state index in [-0.39, 0.29) is 10.5 Å². The van der Waals surface area contributed by atoms with E-state index >= 15 is 0 Å². The van der Waals surface area contributed by atoms with Gasteiger partial charge in [-0.25, -0.2) is 18.4 Å². The van der Waals surface area contributed by atoms with Crippen LogP contribution >= 0.6 is 0 Å². The van der Waals surface area contributed by atoms with Crippen LogP contribution in [0.4, 0.5) is 5.69 Å². The Labute approximate surface area is 170 Å². The zero-order chi connectivity index (χ0) is 20.9. The van der Waals surface area contributed by atoms with Crippen LogP contribution in [0.15, 0.2) is 47.4 Å². The molecule has 0 atom stereocenters. The molecule has 1 fully saturated rings. The number of carbonyl (C=O) groups excluding carboxylic acids is 1. The summed E-state index contributed by atoms with van der Waals surface area (Å²) >= 11 is 0. The monoisotopic (exact) mass is 419 g/mol. The SMILES string of the molecule is COC(=O)c1cc(S(N)(=O)=O)ccc1NCc1cccc(CN2CCOCC2)c1. The van der Waals surface area contributed by atoms with Gasteiger partial charge in [-0.3, -0.25) is 4.90 Å². The molecule has 0 aliphatic carbocycles. The first kappa shape index (κ1) is 21.3. The molecule has 0 spiro atoms. The minimum Gasteiger partial charge on any atom is -0.465 e. The lowest BCUT2D eigenvalue weighted by Crippen LogP contribution is -2.35. The lowest BCUT2D eigenvalue weighted by atomic mass is 10.1. The molecule has 3 N–H and O–H groups in total. The third-order valence-corrected chi connectivity index (χ3v) is 5.62. The predicted octanol–water partition coefficient (Wildman–Crippen LogP) is 1.56.